The maximum atomic E-state index is 12.4. The van der Waals surface area contributed by atoms with Gasteiger partial charge in [0.1, 0.15) is 6.04 Å². The molecule has 2 atom stereocenters. The number of rotatable bonds is 5. The van der Waals surface area contributed by atoms with Crippen molar-refractivity contribution in [2.45, 2.75) is 46.2 Å². The number of carbonyl (C=O) groups is 2. The van der Waals surface area contributed by atoms with Gasteiger partial charge in [-0.25, -0.2) is 0 Å². The van der Waals surface area contributed by atoms with Crippen molar-refractivity contribution in [2.24, 2.45) is 5.92 Å². The van der Waals surface area contributed by atoms with E-state index in [1.54, 1.807) is 4.90 Å². The van der Waals surface area contributed by atoms with E-state index in [0.717, 1.165) is 0 Å². The van der Waals surface area contributed by atoms with Gasteiger partial charge in [0, 0.05) is 19.6 Å². The molecule has 0 saturated carbocycles. The standard InChI is InChI=1S/C13H24N2O3/c1-5-18-8-10(4)15-7-6-11(16)14-12(9(2)3)13(15)17/h9-10,12H,5-8H2,1-4H3,(H,14,16). The highest BCUT2D eigenvalue weighted by atomic mass is 16.5. The fraction of sp³-hybridized carbons (Fsp3) is 0.846. The molecule has 2 amide bonds. The summed E-state index contributed by atoms with van der Waals surface area (Å²) in [6, 6.07) is -0.407. The van der Waals surface area contributed by atoms with Gasteiger partial charge in [0.05, 0.1) is 12.6 Å². The average molecular weight is 256 g/mol. The van der Waals surface area contributed by atoms with Gasteiger partial charge in [-0.15, -0.1) is 0 Å². The number of nitrogens with one attached hydrogen (secondary N) is 1. The molecule has 5 nitrogen and oxygen atoms in total. The predicted octanol–water partition coefficient (Wildman–Crippen LogP) is 0.784. The monoisotopic (exact) mass is 256 g/mol. The molecular formula is C13H24N2O3. The van der Waals surface area contributed by atoms with Gasteiger partial charge >= 0.3 is 0 Å². The van der Waals surface area contributed by atoms with Gasteiger partial charge in [-0.1, -0.05) is 13.8 Å². The first-order chi connectivity index (χ1) is 8.47. The van der Waals surface area contributed by atoms with E-state index in [1.165, 1.54) is 0 Å². The molecule has 1 saturated heterocycles. The first-order valence-electron chi connectivity index (χ1n) is 6.65. The molecule has 1 heterocycles. The van der Waals surface area contributed by atoms with E-state index < -0.39 is 6.04 Å². The number of hydrogen-bond donors (Lipinski definition) is 1. The number of carbonyl (C=O) groups excluding carboxylic acids is 2. The summed E-state index contributed by atoms with van der Waals surface area (Å²) in [7, 11) is 0. The van der Waals surface area contributed by atoms with Crippen molar-refractivity contribution < 1.29 is 14.3 Å². The van der Waals surface area contributed by atoms with Crippen molar-refractivity contribution in [1.82, 2.24) is 10.2 Å². The maximum absolute atomic E-state index is 12.4. The lowest BCUT2D eigenvalue weighted by molar-refractivity contribution is -0.137. The van der Waals surface area contributed by atoms with Crippen LogP contribution in [0.3, 0.4) is 0 Å². The topological polar surface area (TPSA) is 58.6 Å². The third-order valence-corrected chi connectivity index (χ3v) is 3.21. The van der Waals surface area contributed by atoms with Gasteiger partial charge < -0.3 is 15.0 Å². The molecule has 1 fully saturated rings. The van der Waals surface area contributed by atoms with Crippen molar-refractivity contribution in [3.63, 3.8) is 0 Å². The Balaban J connectivity index is 2.76. The molecular weight excluding hydrogens is 232 g/mol. The quantitative estimate of drug-likeness (QED) is 0.791. The van der Waals surface area contributed by atoms with E-state index in [9.17, 15) is 9.59 Å². The largest absolute Gasteiger partial charge is 0.380 e. The van der Waals surface area contributed by atoms with E-state index in [1.807, 2.05) is 27.7 Å². The van der Waals surface area contributed by atoms with E-state index in [2.05, 4.69) is 5.32 Å². The van der Waals surface area contributed by atoms with Gasteiger partial charge in [0.25, 0.3) is 0 Å². The van der Waals surface area contributed by atoms with Crippen LogP contribution < -0.4 is 5.32 Å². The first-order valence-corrected chi connectivity index (χ1v) is 6.65. The summed E-state index contributed by atoms with van der Waals surface area (Å²) in [6.45, 7) is 9.40. The van der Waals surface area contributed by atoms with Crippen LogP contribution >= 0.6 is 0 Å². The van der Waals surface area contributed by atoms with E-state index in [4.69, 9.17) is 4.74 Å². The van der Waals surface area contributed by atoms with Gasteiger partial charge in [-0.05, 0) is 19.8 Å². The fourth-order valence-electron chi connectivity index (χ4n) is 2.09. The highest BCUT2D eigenvalue weighted by Gasteiger charge is 2.33. The Bertz CT molecular complexity index is 305. The molecule has 1 aliphatic rings. The second-order valence-electron chi connectivity index (χ2n) is 5.08. The number of hydrogen-bond acceptors (Lipinski definition) is 3. The van der Waals surface area contributed by atoms with Gasteiger partial charge in [0.2, 0.25) is 11.8 Å². The third kappa shape index (κ3) is 3.70. The zero-order valence-corrected chi connectivity index (χ0v) is 11.7. The molecule has 0 aromatic carbocycles. The second kappa shape index (κ2) is 6.73. The zero-order valence-electron chi connectivity index (χ0n) is 11.7. The fourth-order valence-corrected chi connectivity index (χ4v) is 2.09. The van der Waals surface area contributed by atoms with Crippen molar-refractivity contribution in [2.75, 3.05) is 19.8 Å². The number of nitrogens with zero attached hydrogens (tertiary/aromatic N) is 1. The molecule has 0 aromatic rings. The summed E-state index contributed by atoms with van der Waals surface area (Å²) >= 11 is 0. The molecule has 1 rings (SSSR count). The first kappa shape index (κ1) is 15.0. The summed E-state index contributed by atoms with van der Waals surface area (Å²) in [6.07, 6.45) is 0.366. The minimum Gasteiger partial charge on any atom is -0.380 e. The highest BCUT2D eigenvalue weighted by molar-refractivity contribution is 5.90. The Morgan fingerprint density at radius 2 is 2.06 bits per heavy atom. The molecule has 1 aliphatic heterocycles. The molecule has 0 bridgehead atoms. The third-order valence-electron chi connectivity index (χ3n) is 3.21. The number of amides is 2. The molecule has 104 valence electrons. The van der Waals surface area contributed by atoms with Crippen LogP contribution in [0.25, 0.3) is 0 Å². The van der Waals surface area contributed by atoms with Gasteiger partial charge in [0.15, 0.2) is 0 Å². The Kier molecular flexibility index (Phi) is 5.59. The Labute approximate surface area is 109 Å². The Morgan fingerprint density at radius 3 is 2.61 bits per heavy atom. The lowest BCUT2D eigenvalue weighted by Gasteiger charge is -2.31. The zero-order chi connectivity index (χ0) is 13.7. The number of ether oxygens (including phenoxy) is 1. The summed E-state index contributed by atoms with van der Waals surface area (Å²) in [4.78, 5) is 25.8. The van der Waals surface area contributed by atoms with Crippen molar-refractivity contribution in [1.29, 1.82) is 0 Å². The summed E-state index contributed by atoms with van der Waals surface area (Å²) in [5.74, 6) is 0.0533. The molecule has 0 aromatic heterocycles. The minimum absolute atomic E-state index is 0.00283. The highest BCUT2D eigenvalue weighted by Crippen LogP contribution is 2.14. The van der Waals surface area contributed by atoms with Crippen LogP contribution in [0.5, 0.6) is 0 Å². The van der Waals surface area contributed by atoms with Crippen LogP contribution in [0.2, 0.25) is 0 Å². The van der Waals surface area contributed by atoms with E-state index in [-0.39, 0.29) is 23.8 Å². The van der Waals surface area contributed by atoms with Crippen molar-refractivity contribution in [3.05, 3.63) is 0 Å². The van der Waals surface area contributed by atoms with E-state index in [0.29, 0.717) is 26.2 Å². The summed E-state index contributed by atoms with van der Waals surface area (Å²) in [5.41, 5.74) is 0. The molecule has 1 N–H and O–H groups in total. The molecule has 2 unspecified atom stereocenters. The van der Waals surface area contributed by atoms with Crippen molar-refractivity contribution in [3.8, 4) is 0 Å². The van der Waals surface area contributed by atoms with Gasteiger partial charge in [-0.2, -0.15) is 0 Å². The van der Waals surface area contributed by atoms with Crippen LogP contribution in [0.15, 0.2) is 0 Å². The minimum atomic E-state index is -0.413. The lowest BCUT2D eigenvalue weighted by atomic mass is 10.0. The van der Waals surface area contributed by atoms with Gasteiger partial charge in [-0.3, -0.25) is 9.59 Å². The molecule has 0 aliphatic carbocycles. The van der Waals surface area contributed by atoms with E-state index >= 15 is 0 Å². The van der Waals surface area contributed by atoms with Crippen LogP contribution in [0.1, 0.15) is 34.1 Å². The Hall–Kier alpha value is -1.10. The SMILES string of the molecule is CCOCC(C)N1CCC(=O)NC(C(C)C)C1=O. The van der Waals surface area contributed by atoms with Crippen LogP contribution in [-0.2, 0) is 14.3 Å². The summed E-state index contributed by atoms with van der Waals surface area (Å²) in [5, 5.41) is 2.80. The predicted molar refractivity (Wildman–Crippen MR) is 69.1 cm³/mol. The average Bonchev–Trinajstić information content (AvgIpc) is 2.46. The normalized spacial score (nSPS) is 22.9. The second-order valence-corrected chi connectivity index (χ2v) is 5.08. The maximum Gasteiger partial charge on any atom is 0.245 e. The van der Waals surface area contributed by atoms with Crippen LogP contribution in [0.4, 0.5) is 0 Å². The lowest BCUT2D eigenvalue weighted by Crippen LogP contribution is -2.51. The molecule has 0 spiro atoms. The molecule has 18 heavy (non-hydrogen) atoms. The smallest absolute Gasteiger partial charge is 0.245 e. The van der Waals surface area contributed by atoms with Crippen LogP contribution in [-0.4, -0.2) is 48.6 Å². The molecule has 0 radical (unpaired) electrons. The van der Waals surface area contributed by atoms with Crippen molar-refractivity contribution >= 4 is 11.8 Å². The Morgan fingerprint density at radius 1 is 1.39 bits per heavy atom. The van der Waals surface area contributed by atoms with Crippen LogP contribution in [0, 0.1) is 5.92 Å². The summed E-state index contributed by atoms with van der Waals surface area (Å²) < 4.78 is 5.36. The molecule has 5 heteroatoms.